The van der Waals surface area contributed by atoms with E-state index in [1.54, 1.807) is 0 Å². The summed E-state index contributed by atoms with van der Waals surface area (Å²) in [5, 5.41) is 0. The highest BCUT2D eigenvalue weighted by Gasteiger charge is 1.72. The monoisotopic (exact) mass is 191 g/mol. The zero-order valence-corrected chi connectivity index (χ0v) is 6.59. The lowest BCUT2D eigenvalue weighted by atomic mass is 10.3. The molecule has 3 heteroatoms. The van der Waals surface area contributed by atoms with Crippen molar-refractivity contribution in [2.75, 3.05) is 5.73 Å². The second-order valence-corrected chi connectivity index (χ2v) is 1.41. The lowest BCUT2D eigenvalue weighted by Gasteiger charge is -1.83. The Hall–Kier alpha value is -0.540. The van der Waals surface area contributed by atoms with Gasteiger partial charge in [-0.05, 0) is 12.1 Å². The number of benzene rings is 1. The number of anilines is 1. The van der Waals surface area contributed by atoms with Gasteiger partial charge >= 0.3 is 0 Å². The van der Waals surface area contributed by atoms with Crippen molar-refractivity contribution in [2.24, 2.45) is 0 Å². The van der Waals surface area contributed by atoms with E-state index in [4.69, 9.17) is 5.73 Å². The van der Waals surface area contributed by atoms with Crippen molar-refractivity contribution in [1.29, 1.82) is 0 Å². The van der Waals surface area contributed by atoms with Gasteiger partial charge in [0.15, 0.2) is 0 Å². The molecule has 4 N–H and O–H groups in total. The third kappa shape index (κ3) is 4.00. The molecule has 0 spiro atoms. The van der Waals surface area contributed by atoms with Gasteiger partial charge in [-0.3, -0.25) is 0 Å². The number of rotatable bonds is 0. The fraction of sp³-hybridized carbons (Fsp3) is 0. The van der Waals surface area contributed by atoms with Crippen molar-refractivity contribution < 1.29 is 5.48 Å². The molecule has 1 aromatic rings. The highest BCUT2D eigenvalue weighted by molar-refractivity contribution is 8.93. The van der Waals surface area contributed by atoms with Gasteiger partial charge in [0.05, 0.1) is 0 Å². The standard InChI is InChI=1S/C6H7N.BrH.H2O/c7-6-4-2-1-3-5-6;;/h1-5H,7H2;1H;1H2. The molecule has 0 saturated heterocycles. The van der Waals surface area contributed by atoms with Crippen molar-refractivity contribution in [3.8, 4) is 0 Å². The molecule has 0 aromatic heterocycles. The summed E-state index contributed by atoms with van der Waals surface area (Å²) in [6, 6.07) is 9.49. The predicted molar refractivity (Wildman–Crippen MR) is 44.8 cm³/mol. The Labute approximate surface area is 64.8 Å². The van der Waals surface area contributed by atoms with Crippen LogP contribution in [-0.2, 0) is 0 Å². The number of hydrogen-bond donors (Lipinski definition) is 1. The molecule has 0 aliphatic heterocycles. The fourth-order valence-electron chi connectivity index (χ4n) is 0.453. The molecular weight excluding hydrogens is 182 g/mol. The molecule has 0 radical (unpaired) electrons. The van der Waals surface area contributed by atoms with Gasteiger partial charge in [-0.25, -0.2) is 0 Å². The minimum Gasteiger partial charge on any atom is -0.412 e. The quantitative estimate of drug-likeness (QED) is 0.613. The number of nitrogen functional groups attached to an aromatic ring is 1. The van der Waals surface area contributed by atoms with Crippen molar-refractivity contribution in [3.05, 3.63) is 30.3 Å². The fourth-order valence-corrected chi connectivity index (χ4v) is 0.453. The molecule has 0 bridgehead atoms. The first-order valence-electron chi connectivity index (χ1n) is 2.20. The molecule has 0 amide bonds. The molecule has 0 aliphatic carbocycles. The molecule has 0 unspecified atom stereocenters. The van der Waals surface area contributed by atoms with Gasteiger partial charge in [-0.15, -0.1) is 17.0 Å². The van der Waals surface area contributed by atoms with E-state index in [0.29, 0.717) is 0 Å². The lowest BCUT2D eigenvalue weighted by molar-refractivity contribution is 0.824. The number of hydrogen-bond acceptors (Lipinski definition) is 1. The van der Waals surface area contributed by atoms with Crippen molar-refractivity contribution in [3.63, 3.8) is 0 Å². The SMILES string of the molecule is Br.Nc1ccccc1.O. The van der Waals surface area contributed by atoms with E-state index in [-0.39, 0.29) is 22.5 Å². The highest BCUT2D eigenvalue weighted by atomic mass is 79.9. The Morgan fingerprint density at radius 3 is 1.67 bits per heavy atom. The highest BCUT2D eigenvalue weighted by Crippen LogP contribution is 1.95. The van der Waals surface area contributed by atoms with Crippen LogP contribution in [0.25, 0.3) is 0 Å². The zero-order valence-electron chi connectivity index (χ0n) is 4.87. The molecule has 0 heterocycles. The minimum absolute atomic E-state index is 0. The summed E-state index contributed by atoms with van der Waals surface area (Å²) in [6.45, 7) is 0. The van der Waals surface area contributed by atoms with Gasteiger partial charge in [0.25, 0.3) is 0 Å². The number of para-hydroxylation sites is 1. The van der Waals surface area contributed by atoms with Gasteiger partial charge < -0.3 is 11.2 Å². The Morgan fingerprint density at radius 2 is 1.44 bits per heavy atom. The Balaban J connectivity index is 0. The molecule has 0 aliphatic rings. The van der Waals surface area contributed by atoms with Crippen LogP contribution in [0, 0.1) is 0 Å². The normalized spacial score (nSPS) is 6.67. The first-order chi connectivity index (χ1) is 3.39. The van der Waals surface area contributed by atoms with Crippen LogP contribution in [0.5, 0.6) is 0 Å². The van der Waals surface area contributed by atoms with E-state index < -0.39 is 0 Å². The largest absolute Gasteiger partial charge is 0.412 e. The predicted octanol–water partition coefficient (Wildman–Crippen LogP) is 1.02. The van der Waals surface area contributed by atoms with Crippen molar-refractivity contribution in [2.45, 2.75) is 0 Å². The maximum Gasteiger partial charge on any atom is 0.0313 e. The van der Waals surface area contributed by atoms with Crippen molar-refractivity contribution >= 4 is 22.7 Å². The molecule has 9 heavy (non-hydrogen) atoms. The van der Waals surface area contributed by atoms with Gasteiger partial charge in [0, 0.05) is 5.69 Å². The summed E-state index contributed by atoms with van der Waals surface area (Å²) in [5.41, 5.74) is 6.18. The van der Waals surface area contributed by atoms with Crippen LogP contribution < -0.4 is 5.73 Å². The van der Waals surface area contributed by atoms with Crippen LogP contribution in [-0.4, -0.2) is 5.48 Å². The smallest absolute Gasteiger partial charge is 0.0313 e. The summed E-state index contributed by atoms with van der Waals surface area (Å²) >= 11 is 0. The first kappa shape index (κ1) is 11.3. The van der Waals surface area contributed by atoms with E-state index >= 15 is 0 Å². The summed E-state index contributed by atoms with van der Waals surface area (Å²) in [6.07, 6.45) is 0. The van der Waals surface area contributed by atoms with Crippen LogP contribution in [0.15, 0.2) is 30.3 Å². The van der Waals surface area contributed by atoms with E-state index in [1.807, 2.05) is 30.3 Å². The summed E-state index contributed by atoms with van der Waals surface area (Å²) < 4.78 is 0. The van der Waals surface area contributed by atoms with Crippen molar-refractivity contribution in [1.82, 2.24) is 0 Å². The second-order valence-electron chi connectivity index (χ2n) is 1.41. The molecule has 0 fully saturated rings. The van der Waals surface area contributed by atoms with Gasteiger partial charge in [-0.1, -0.05) is 18.2 Å². The average Bonchev–Trinajstić information content (AvgIpc) is 1.69. The maximum absolute atomic E-state index is 5.36. The summed E-state index contributed by atoms with van der Waals surface area (Å²) in [4.78, 5) is 0. The number of halogens is 1. The van der Waals surface area contributed by atoms with Crippen LogP contribution in [0.2, 0.25) is 0 Å². The molecular formula is C6H10BrNO. The van der Waals surface area contributed by atoms with Gasteiger partial charge in [-0.2, -0.15) is 0 Å². The van der Waals surface area contributed by atoms with Crippen LogP contribution in [0.3, 0.4) is 0 Å². The molecule has 0 saturated carbocycles. The molecule has 1 rings (SSSR count). The molecule has 2 nitrogen and oxygen atoms in total. The van der Waals surface area contributed by atoms with E-state index in [2.05, 4.69) is 0 Å². The van der Waals surface area contributed by atoms with Gasteiger partial charge in [0.1, 0.15) is 0 Å². The molecule has 0 atom stereocenters. The minimum atomic E-state index is 0. The Morgan fingerprint density at radius 1 is 1.00 bits per heavy atom. The van der Waals surface area contributed by atoms with E-state index in [0.717, 1.165) is 5.69 Å². The zero-order chi connectivity index (χ0) is 5.11. The lowest BCUT2D eigenvalue weighted by Crippen LogP contribution is -1.79. The topological polar surface area (TPSA) is 57.5 Å². The first-order valence-corrected chi connectivity index (χ1v) is 2.20. The Kier molecular flexibility index (Phi) is 7.01. The average molecular weight is 192 g/mol. The van der Waals surface area contributed by atoms with E-state index in [1.165, 1.54) is 0 Å². The van der Waals surface area contributed by atoms with E-state index in [9.17, 15) is 0 Å². The molecule has 1 aromatic carbocycles. The van der Waals surface area contributed by atoms with Gasteiger partial charge in [0.2, 0.25) is 0 Å². The molecule has 52 valence electrons. The number of nitrogens with two attached hydrogens (primary N) is 1. The third-order valence-corrected chi connectivity index (χ3v) is 0.800. The van der Waals surface area contributed by atoms with Crippen LogP contribution in [0.4, 0.5) is 5.69 Å². The van der Waals surface area contributed by atoms with Crippen LogP contribution >= 0.6 is 17.0 Å². The Bertz CT molecular complexity index is 143. The third-order valence-electron chi connectivity index (χ3n) is 0.800. The second kappa shape index (κ2) is 5.59. The summed E-state index contributed by atoms with van der Waals surface area (Å²) in [7, 11) is 0. The van der Waals surface area contributed by atoms with Crippen LogP contribution in [0.1, 0.15) is 0 Å². The summed E-state index contributed by atoms with van der Waals surface area (Å²) in [5.74, 6) is 0. The maximum atomic E-state index is 5.36.